The van der Waals surface area contributed by atoms with Crippen LogP contribution in [0.4, 0.5) is 0 Å². The molecule has 1 amide bonds. The van der Waals surface area contributed by atoms with Crippen LogP contribution in [0.5, 0.6) is 0 Å². The van der Waals surface area contributed by atoms with Crippen LogP contribution in [0.25, 0.3) is 10.9 Å². The van der Waals surface area contributed by atoms with Gasteiger partial charge in [-0.15, -0.1) is 0 Å². The molecule has 0 unspecified atom stereocenters. The Kier molecular flexibility index (Phi) is 5.95. The number of nitrogens with one attached hydrogen (secondary N) is 1. The third-order valence-electron chi connectivity index (χ3n) is 4.86. The highest BCUT2D eigenvalue weighted by atomic mass is 35.5. The number of benzene rings is 2. The lowest BCUT2D eigenvalue weighted by atomic mass is 9.97. The minimum absolute atomic E-state index is 0.0853. The van der Waals surface area contributed by atoms with Crippen molar-refractivity contribution >= 4 is 34.2 Å². The molecule has 0 fully saturated rings. The van der Waals surface area contributed by atoms with Crippen molar-refractivity contribution in [3.8, 4) is 11.8 Å². The Labute approximate surface area is 189 Å². The van der Waals surface area contributed by atoms with E-state index < -0.39 is 11.7 Å². The molecular weight excluding hydrogens is 424 g/mol. The maximum Gasteiger partial charge on any atom is 0.284 e. The second kappa shape index (κ2) is 8.98. The summed E-state index contributed by atoms with van der Waals surface area (Å²) in [4.78, 5) is 34.2. The summed E-state index contributed by atoms with van der Waals surface area (Å²) in [6.45, 7) is 1.77. The Morgan fingerprint density at radius 2 is 1.84 bits per heavy atom. The van der Waals surface area contributed by atoms with Crippen molar-refractivity contribution in [2.45, 2.75) is 6.92 Å². The van der Waals surface area contributed by atoms with Crippen LogP contribution in [0.2, 0.25) is 5.02 Å². The first kappa shape index (κ1) is 21.2. The van der Waals surface area contributed by atoms with Gasteiger partial charge in [-0.3, -0.25) is 20.0 Å². The van der Waals surface area contributed by atoms with Crippen LogP contribution in [-0.4, -0.2) is 21.7 Å². The summed E-state index contributed by atoms with van der Waals surface area (Å²) in [6, 6.07) is 17.9. The Hall–Kier alpha value is -4.05. The minimum atomic E-state index is -0.700. The number of halogens is 1. The van der Waals surface area contributed by atoms with Gasteiger partial charge in [0.1, 0.15) is 11.4 Å². The molecule has 2 heterocycles. The molecule has 6 nitrogen and oxygen atoms in total. The number of hydrogen-bond donors (Lipinski definition) is 2. The number of aromatic nitrogens is 2. The first-order valence-corrected chi connectivity index (χ1v) is 10.0. The van der Waals surface area contributed by atoms with E-state index in [0.717, 1.165) is 10.9 Å². The van der Waals surface area contributed by atoms with Gasteiger partial charge in [-0.1, -0.05) is 47.9 Å². The molecule has 32 heavy (non-hydrogen) atoms. The molecule has 0 spiro atoms. The minimum Gasteiger partial charge on any atom is -0.289 e. The lowest BCUT2D eigenvalue weighted by Crippen LogP contribution is -2.32. The molecule has 2 aromatic heterocycles. The molecule has 4 rings (SSSR count). The maximum absolute atomic E-state index is 13.2. The molecule has 2 aromatic carbocycles. The van der Waals surface area contributed by atoms with Crippen molar-refractivity contribution in [2.75, 3.05) is 0 Å². The van der Waals surface area contributed by atoms with E-state index in [2.05, 4.69) is 21.8 Å². The number of amides is 1. The third-order valence-corrected chi connectivity index (χ3v) is 5.18. The van der Waals surface area contributed by atoms with Gasteiger partial charge in [-0.05, 0) is 48.7 Å². The zero-order chi connectivity index (χ0) is 22.7. The Morgan fingerprint density at radius 3 is 2.62 bits per heavy atom. The van der Waals surface area contributed by atoms with Gasteiger partial charge in [-0.25, -0.2) is 10.8 Å². The third kappa shape index (κ3) is 4.21. The number of nitrogens with two attached hydrogens (primary N) is 1. The highest BCUT2D eigenvalue weighted by Crippen LogP contribution is 2.24. The summed E-state index contributed by atoms with van der Waals surface area (Å²) in [5.41, 5.74) is 4.87. The van der Waals surface area contributed by atoms with E-state index in [9.17, 15) is 9.59 Å². The fourth-order valence-electron chi connectivity index (χ4n) is 3.28. The van der Waals surface area contributed by atoms with Gasteiger partial charge in [0, 0.05) is 22.7 Å². The van der Waals surface area contributed by atoms with Gasteiger partial charge in [-0.2, -0.15) is 0 Å². The second-order valence-corrected chi connectivity index (χ2v) is 7.40. The lowest BCUT2D eigenvalue weighted by molar-refractivity contribution is 0.0937. The van der Waals surface area contributed by atoms with Crippen LogP contribution in [0.15, 0.2) is 66.9 Å². The van der Waals surface area contributed by atoms with Gasteiger partial charge in [0.25, 0.3) is 5.91 Å². The van der Waals surface area contributed by atoms with Crippen LogP contribution in [0.3, 0.4) is 0 Å². The zero-order valence-electron chi connectivity index (χ0n) is 17.0. The molecule has 0 saturated heterocycles. The average Bonchev–Trinajstić information content (AvgIpc) is 2.81. The number of nitrogens with zero attached hydrogens (tertiary/aromatic N) is 2. The number of hydrazine groups is 1. The van der Waals surface area contributed by atoms with Crippen LogP contribution in [0, 0.1) is 18.8 Å². The van der Waals surface area contributed by atoms with Gasteiger partial charge in [0.2, 0.25) is 0 Å². The van der Waals surface area contributed by atoms with Gasteiger partial charge in [0.15, 0.2) is 5.78 Å². The molecule has 0 atom stereocenters. The standard InChI is InChI=1S/C25H17ClN4O2/c1-15-5-4-7-20(26)22(15)24(31)19-12-11-18(29-23(19)25(32)30-27)10-9-16-13-17-6-2-3-8-21(17)28-14-16/h2-8,11-14H,27H2,1H3,(H,30,32). The predicted molar refractivity (Wildman–Crippen MR) is 123 cm³/mol. The van der Waals surface area contributed by atoms with Crippen molar-refractivity contribution in [3.63, 3.8) is 0 Å². The summed E-state index contributed by atoms with van der Waals surface area (Å²) in [6.07, 6.45) is 1.67. The number of ketones is 1. The summed E-state index contributed by atoms with van der Waals surface area (Å²) >= 11 is 6.24. The first-order chi connectivity index (χ1) is 15.5. The SMILES string of the molecule is Cc1cccc(Cl)c1C(=O)c1ccc(C#Cc2cnc3ccccc3c2)nc1C(=O)NN. The number of rotatable bonds is 3. The lowest BCUT2D eigenvalue weighted by Gasteiger charge is -2.10. The summed E-state index contributed by atoms with van der Waals surface area (Å²) in [7, 11) is 0. The van der Waals surface area contributed by atoms with Crippen molar-refractivity contribution in [1.82, 2.24) is 15.4 Å². The number of fused-ring (bicyclic) bond motifs is 1. The molecule has 0 saturated carbocycles. The maximum atomic E-state index is 13.2. The number of carbonyl (C=O) groups is 2. The normalized spacial score (nSPS) is 10.3. The van der Waals surface area contributed by atoms with Gasteiger partial charge < -0.3 is 0 Å². The number of para-hydroxylation sites is 1. The molecule has 0 radical (unpaired) electrons. The first-order valence-electron chi connectivity index (χ1n) is 9.66. The van der Waals surface area contributed by atoms with E-state index in [4.69, 9.17) is 17.4 Å². The largest absolute Gasteiger partial charge is 0.289 e. The predicted octanol–water partition coefficient (Wildman–Crippen LogP) is 3.83. The van der Waals surface area contributed by atoms with Crippen molar-refractivity contribution in [3.05, 3.63) is 106 Å². The zero-order valence-corrected chi connectivity index (χ0v) is 17.8. The quantitative estimate of drug-likeness (QED) is 0.166. The van der Waals surface area contributed by atoms with Crippen LogP contribution in [-0.2, 0) is 0 Å². The van der Waals surface area contributed by atoms with Gasteiger partial charge in [0.05, 0.1) is 16.1 Å². The van der Waals surface area contributed by atoms with Gasteiger partial charge >= 0.3 is 0 Å². The van der Waals surface area contributed by atoms with E-state index in [0.29, 0.717) is 27.4 Å². The van der Waals surface area contributed by atoms with Crippen molar-refractivity contribution < 1.29 is 9.59 Å². The molecule has 0 aliphatic carbocycles. The number of nitrogen functional groups attached to an aromatic ring is 1. The molecule has 0 bridgehead atoms. The number of hydrogen-bond acceptors (Lipinski definition) is 5. The number of aryl methyl sites for hydroxylation is 1. The highest BCUT2D eigenvalue weighted by Gasteiger charge is 2.23. The van der Waals surface area contributed by atoms with Crippen LogP contribution >= 0.6 is 11.6 Å². The molecule has 0 aliphatic rings. The van der Waals surface area contributed by atoms with E-state index in [1.54, 1.807) is 37.4 Å². The van der Waals surface area contributed by atoms with Crippen LogP contribution < -0.4 is 11.3 Å². The molecule has 156 valence electrons. The summed E-state index contributed by atoms with van der Waals surface area (Å²) < 4.78 is 0. The highest BCUT2D eigenvalue weighted by molar-refractivity contribution is 6.35. The molecule has 4 aromatic rings. The molecule has 7 heteroatoms. The van der Waals surface area contributed by atoms with Crippen LogP contribution in [0.1, 0.15) is 43.2 Å². The second-order valence-electron chi connectivity index (χ2n) is 6.99. The monoisotopic (exact) mass is 440 g/mol. The smallest absolute Gasteiger partial charge is 0.284 e. The Bertz CT molecular complexity index is 1420. The van der Waals surface area contributed by atoms with E-state index in [-0.39, 0.29) is 11.3 Å². The fourth-order valence-corrected chi connectivity index (χ4v) is 3.59. The van der Waals surface area contributed by atoms with Crippen molar-refractivity contribution in [2.24, 2.45) is 5.84 Å². The Balaban J connectivity index is 1.74. The molecule has 0 aliphatic heterocycles. The fraction of sp³-hybridized carbons (Fsp3) is 0.0400. The van der Waals surface area contributed by atoms with E-state index >= 15 is 0 Å². The average molecular weight is 441 g/mol. The summed E-state index contributed by atoms with van der Waals surface area (Å²) in [5, 5.41) is 1.26. The van der Waals surface area contributed by atoms with E-state index in [1.165, 1.54) is 6.07 Å². The Morgan fingerprint density at radius 1 is 1.03 bits per heavy atom. The topological polar surface area (TPSA) is 98.0 Å². The summed E-state index contributed by atoms with van der Waals surface area (Å²) in [5.74, 6) is 10.1. The number of pyridine rings is 2. The molecule has 3 N–H and O–H groups in total. The molecular formula is C25H17ClN4O2. The van der Waals surface area contributed by atoms with E-state index in [1.807, 2.05) is 35.8 Å². The van der Waals surface area contributed by atoms with Crippen molar-refractivity contribution in [1.29, 1.82) is 0 Å². The number of carbonyl (C=O) groups excluding carboxylic acids is 2.